The maximum absolute atomic E-state index is 13.0. The molecule has 1 aliphatic rings. The van der Waals surface area contributed by atoms with Gasteiger partial charge in [0, 0.05) is 0 Å². The molecule has 0 aromatic heterocycles. The molecule has 0 bridgehead atoms. The minimum atomic E-state index is -0.348. The van der Waals surface area contributed by atoms with Crippen LogP contribution in [0.4, 0.5) is 5.69 Å². The lowest BCUT2D eigenvalue weighted by Crippen LogP contribution is -2.35. The average molecular weight is 384 g/mol. The number of carbonyl (C=O) groups excluding carboxylic acids is 1. The highest BCUT2D eigenvalue weighted by molar-refractivity contribution is 6.44. The van der Waals surface area contributed by atoms with Gasteiger partial charge in [0.05, 0.1) is 20.8 Å². The number of carbonyl (C=O) groups is 1. The van der Waals surface area contributed by atoms with Gasteiger partial charge in [0.15, 0.2) is 0 Å². The van der Waals surface area contributed by atoms with Crippen LogP contribution in [-0.2, 0) is 4.79 Å². The van der Waals surface area contributed by atoms with Gasteiger partial charge in [-0.3, -0.25) is 9.69 Å². The van der Waals surface area contributed by atoms with Gasteiger partial charge < -0.3 is 5.32 Å². The van der Waals surface area contributed by atoms with E-state index in [4.69, 9.17) is 34.8 Å². The van der Waals surface area contributed by atoms with Crippen molar-refractivity contribution in [3.05, 3.63) is 63.1 Å². The van der Waals surface area contributed by atoms with E-state index in [1.807, 2.05) is 30.3 Å². The Morgan fingerprint density at radius 3 is 2.25 bits per heavy atom. The Hall–Kier alpha value is -1.26. The number of rotatable bonds is 4. The molecule has 1 aliphatic heterocycles. The summed E-state index contributed by atoms with van der Waals surface area (Å²) in [5.41, 5.74) is 1.43. The lowest BCUT2D eigenvalue weighted by molar-refractivity contribution is -0.121. The second-order valence-corrected chi connectivity index (χ2v) is 7.01. The summed E-state index contributed by atoms with van der Waals surface area (Å²) in [6, 6.07) is 12.5. The highest BCUT2D eigenvalue weighted by atomic mass is 35.5. The van der Waals surface area contributed by atoms with E-state index in [0.717, 1.165) is 31.5 Å². The normalized spacial score (nSPS) is 16.1. The van der Waals surface area contributed by atoms with Crippen molar-refractivity contribution >= 4 is 46.4 Å². The van der Waals surface area contributed by atoms with Crippen LogP contribution < -0.4 is 5.32 Å². The first-order chi connectivity index (χ1) is 11.6. The van der Waals surface area contributed by atoms with Crippen molar-refractivity contribution in [1.82, 2.24) is 4.90 Å². The summed E-state index contributed by atoms with van der Waals surface area (Å²) in [6.45, 7) is 1.81. The molecule has 1 saturated heterocycles. The molecule has 6 heteroatoms. The van der Waals surface area contributed by atoms with Gasteiger partial charge in [-0.25, -0.2) is 0 Å². The monoisotopic (exact) mass is 382 g/mol. The van der Waals surface area contributed by atoms with E-state index in [0.29, 0.717) is 20.8 Å². The highest BCUT2D eigenvalue weighted by Gasteiger charge is 2.30. The number of nitrogens with one attached hydrogen (secondary N) is 1. The van der Waals surface area contributed by atoms with Crippen molar-refractivity contribution in [3.63, 3.8) is 0 Å². The molecule has 24 heavy (non-hydrogen) atoms. The number of hydrogen-bond donors (Lipinski definition) is 1. The number of amides is 1. The fourth-order valence-electron chi connectivity index (χ4n) is 2.98. The molecule has 0 radical (unpaired) electrons. The molecule has 0 saturated carbocycles. The zero-order chi connectivity index (χ0) is 17.1. The third-order valence-corrected chi connectivity index (χ3v) is 5.17. The van der Waals surface area contributed by atoms with Crippen molar-refractivity contribution < 1.29 is 4.79 Å². The summed E-state index contributed by atoms with van der Waals surface area (Å²) in [7, 11) is 0. The van der Waals surface area contributed by atoms with Crippen LogP contribution in [0.5, 0.6) is 0 Å². The molecular formula is C18H17Cl3N2O. The van der Waals surface area contributed by atoms with Gasteiger partial charge in [-0.2, -0.15) is 0 Å². The fraction of sp³-hybridized carbons (Fsp3) is 0.278. The first kappa shape index (κ1) is 17.6. The predicted octanol–water partition coefficient (Wildman–Crippen LogP) is 5.42. The van der Waals surface area contributed by atoms with Crippen LogP contribution in [0.2, 0.25) is 15.1 Å². The van der Waals surface area contributed by atoms with E-state index in [1.165, 1.54) is 6.07 Å². The molecule has 1 unspecified atom stereocenters. The average Bonchev–Trinajstić information content (AvgIpc) is 3.08. The Labute approximate surface area is 156 Å². The summed E-state index contributed by atoms with van der Waals surface area (Å²) in [5.74, 6) is -0.122. The van der Waals surface area contributed by atoms with Crippen molar-refractivity contribution in [2.75, 3.05) is 18.4 Å². The SMILES string of the molecule is O=C(Nc1cc(Cl)c(Cl)cc1Cl)C(c1ccccc1)N1CCCC1. The van der Waals surface area contributed by atoms with E-state index in [2.05, 4.69) is 10.2 Å². The van der Waals surface area contributed by atoms with Crippen LogP contribution in [0.1, 0.15) is 24.4 Å². The van der Waals surface area contributed by atoms with Crippen molar-refractivity contribution in [2.24, 2.45) is 0 Å². The van der Waals surface area contributed by atoms with Gasteiger partial charge in [-0.1, -0.05) is 65.1 Å². The van der Waals surface area contributed by atoms with Crippen LogP contribution >= 0.6 is 34.8 Å². The molecular weight excluding hydrogens is 367 g/mol. The van der Waals surface area contributed by atoms with Crippen LogP contribution in [0, 0.1) is 0 Å². The minimum Gasteiger partial charge on any atom is -0.323 e. The Kier molecular flexibility index (Phi) is 5.67. The lowest BCUT2D eigenvalue weighted by atomic mass is 10.0. The third kappa shape index (κ3) is 3.86. The third-order valence-electron chi connectivity index (χ3n) is 4.14. The highest BCUT2D eigenvalue weighted by Crippen LogP contribution is 2.34. The molecule has 3 nitrogen and oxygen atoms in total. The molecule has 1 fully saturated rings. The van der Waals surface area contributed by atoms with Crippen LogP contribution in [0.15, 0.2) is 42.5 Å². The van der Waals surface area contributed by atoms with Crippen molar-refractivity contribution in [1.29, 1.82) is 0 Å². The standard InChI is InChI=1S/C18H17Cl3N2O/c19-13-10-15(21)16(11-14(13)20)22-18(24)17(23-8-4-5-9-23)12-6-2-1-3-7-12/h1-3,6-7,10-11,17H,4-5,8-9H2,(H,22,24). The minimum absolute atomic E-state index is 0.122. The Bertz CT molecular complexity index is 731. The Morgan fingerprint density at radius 1 is 0.958 bits per heavy atom. The van der Waals surface area contributed by atoms with E-state index in [-0.39, 0.29) is 11.9 Å². The number of halogens is 3. The number of hydrogen-bond acceptors (Lipinski definition) is 2. The second kappa shape index (κ2) is 7.75. The van der Waals surface area contributed by atoms with Gasteiger partial charge in [-0.05, 0) is 43.6 Å². The molecule has 1 amide bonds. The quantitative estimate of drug-likeness (QED) is 0.715. The summed E-state index contributed by atoms with van der Waals surface area (Å²) in [4.78, 5) is 15.2. The van der Waals surface area contributed by atoms with Gasteiger partial charge in [-0.15, -0.1) is 0 Å². The largest absolute Gasteiger partial charge is 0.323 e. The first-order valence-corrected chi connectivity index (χ1v) is 8.94. The summed E-state index contributed by atoms with van der Waals surface area (Å²) >= 11 is 18.2. The zero-order valence-corrected chi connectivity index (χ0v) is 15.2. The Morgan fingerprint density at radius 2 is 1.58 bits per heavy atom. The predicted molar refractivity (Wildman–Crippen MR) is 100 cm³/mol. The molecule has 3 rings (SSSR count). The molecule has 2 aromatic carbocycles. The lowest BCUT2D eigenvalue weighted by Gasteiger charge is -2.27. The van der Waals surface area contributed by atoms with E-state index in [9.17, 15) is 4.79 Å². The second-order valence-electron chi connectivity index (χ2n) is 5.79. The number of anilines is 1. The number of likely N-dealkylation sites (tertiary alicyclic amines) is 1. The molecule has 1 heterocycles. The maximum Gasteiger partial charge on any atom is 0.246 e. The van der Waals surface area contributed by atoms with Crippen molar-refractivity contribution in [3.8, 4) is 0 Å². The number of benzene rings is 2. The molecule has 1 N–H and O–H groups in total. The molecule has 126 valence electrons. The van der Waals surface area contributed by atoms with E-state index >= 15 is 0 Å². The Balaban J connectivity index is 1.88. The molecule has 0 aliphatic carbocycles. The topological polar surface area (TPSA) is 32.3 Å². The maximum atomic E-state index is 13.0. The van der Waals surface area contributed by atoms with Crippen LogP contribution in [0.3, 0.4) is 0 Å². The van der Waals surface area contributed by atoms with Gasteiger partial charge in [0.1, 0.15) is 6.04 Å². The number of nitrogens with zero attached hydrogens (tertiary/aromatic N) is 1. The van der Waals surface area contributed by atoms with Crippen LogP contribution in [0.25, 0.3) is 0 Å². The fourth-order valence-corrected chi connectivity index (χ4v) is 3.58. The van der Waals surface area contributed by atoms with Crippen LogP contribution in [-0.4, -0.2) is 23.9 Å². The summed E-state index contributed by atoms with van der Waals surface area (Å²) in [6.07, 6.45) is 2.20. The smallest absolute Gasteiger partial charge is 0.246 e. The first-order valence-electron chi connectivity index (χ1n) is 7.80. The molecule has 2 aromatic rings. The van der Waals surface area contributed by atoms with Gasteiger partial charge in [0.25, 0.3) is 0 Å². The van der Waals surface area contributed by atoms with E-state index in [1.54, 1.807) is 6.07 Å². The van der Waals surface area contributed by atoms with E-state index < -0.39 is 0 Å². The molecule has 1 atom stereocenters. The van der Waals surface area contributed by atoms with Gasteiger partial charge in [0.2, 0.25) is 5.91 Å². The zero-order valence-electron chi connectivity index (χ0n) is 12.9. The summed E-state index contributed by atoms with van der Waals surface area (Å²) in [5, 5.41) is 3.98. The summed E-state index contributed by atoms with van der Waals surface area (Å²) < 4.78 is 0. The van der Waals surface area contributed by atoms with Crippen molar-refractivity contribution in [2.45, 2.75) is 18.9 Å². The van der Waals surface area contributed by atoms with Gasteiger partial charge >= 0.3 is 0 Å². The molecule has 0 spiro atoms.